The molecule has 0 N–H and O–H groups in total. The molecule has 1 atom stereocenters. The van der Waals surface area contributed by atoms with E-state index < -0.39 is 0 Å². The monoisotopic (exact) mass is 170 g/mol. The standard InChI is InChI=1S/C9H20N3/c1-9(10(2)3)12-7-5-11(4)6-8-12/h9H,4-8H2,1-3H3. The lowest BCUT2D eigenvalue weighted by Crippen LogP contribution is -2.51. The van der Waals surface area contributed by atoms with Gasteiger partial charge in [-0.25, -0.2) is 0 Å². The molecule has 1 heterocycles. The van der Waals surface area contributed by atoms with Gasteiger partial charge in [-0.3, -0.25) is 14.7 Å². The zero-order chi connectivity index (χ0) is 9.14. The van der Waals surface area contributed by atoms with E-state index in [0.717, 1.165) is 26.2 Å². The van der Waals surface area contributed by atoms with E-state index in [1.54, 1.807) is 0 Å². The van der Waals surface area contributed by atoms with Crippen LogP contribution in [0.2, 0.25) is 0 Å². The van der Waals surface area contributed by atoms with Gasteiger partial charge in [0.1, 0.15) is 0 Å². The van der Waals surface area contributed by atoms with Gasteiger partial charge in [0.25, 0.3) is 0 Å². The van der Waals surface area contributed by atoms with Crippen molar-refractivity contribution in [2.45, 2.75) is 13.1 Å². The quantitative estimate of drug-likeness (QED) is 0.590. The molecular formula is C9H20N3. The highest BCUT2D eigenvalue weighted by Gasteiger charge is 2.19. The molecule has 1 saturated heterocycles. The van der Waals surface area contributed by atoms with Gasteiger partial charge in [0.15, 0.2) is 0 Å². The summed E-state index contributed by atoms with van der Waals surface area (Å²) in [5, 5.41) is 0. The van der Waals surface area contributed by atoms with E-state index in [2.05, 4.69) is 42.8 Å². The summed E-state index contributed by atoms with van der Waals surface area (Å²) in [5.41, 5.74) is 0. The van der Waals surface area contributed by atoms with E-state index in [4.69, 9.17) is 0 Å². The van der Waals surface area contributed by atoms with Crippen molar-refractivity contribution in [3.05, 3.63) is 7.05 Å². The summed E-state index contributed by atoms with van der Waals surface area (Å²) in [6, 6.07) is 0. The van der Waals surface area contributed by atoms with Crippen LogP contribution in [0.4, 0.5) is 0 Å². The maximum absolute atomic E-state index is 3.93. The average molecular weight is 170 g/mol. The molecule has 1 radical (unpaired) electrons. The topological polar surface area (TPSA) is 9.72 Å². The highest BCUT2D eigenvalue weighted by Crippen LogP contribution is 2.06. The van der Waals surface area contributed by atoms with Gasteiger partial charge in [0.05, 0.1) is 6.17 Å². The maximum Gasteiger partial charge on any atom is 0.0589 e. The number of piperazine rings is 1. The molecule has 1 aliphatic heterocycles. The van der Waals surface area contributed by atoms with Crippen molar-refractivity contribution in [1.82, 2.24) is 14.7 Å². The first-order valence-corrected chi connectivity index (χ1v) is 4.57. The summed E-state index contributed by atoms with van der Waals surface area (Å²) < 4.78 is 0. The highest BCUT2D eigenvalue weighted by atomic mass is 15.4. The van der Waals surface area contributed by atoms with Gasteiger partial charge in [-0.1, -0.05) is 0 Å². The van der Waals surface area contributed by atoms with E-state index in [0.29, 0.717) is 6.17 Å². The molecule has 0 aromatic rings. The van der Waals surface area contributed by atoms with Gasteiger partial charge in [-0.2, -0.15) is 0 Å². The van der Waals surface area contributed by atoms with E-state index in [1.807, 2.05) is 0 Å². The first-order valence-electron chi connectivity index (χ1n) is 4.57. The van der Waals surface area contributed by atoms with Crippen LogP contribution in [0.5, 0.6) is 0 Å². The Bertz CT molecular complexity index is 128. The van der Waals surface area contributed by atoms with Crippen LogP contribution in [0.3, 0.4) is 0 Å². The molecule has 0 aromatic heterocycles. The molecule has 1 fully saturated rings. The van der Waals surface area contributed by atoms with Crippen molar-refractivity contribution in [3.63, 3.8) is 0 Å². The van der Waals surface area contributed by atoms with Crippen LogP contribution in [0.25, 0.3) is 0 Å². The molecular weight excluding hydrogens is 150 g/mol. The predicted octanol–water partition coefficient (Wildman–Crippen LogP) is 0.303. The molecule has 0 amide bonds. The van der Waals surface area contributed by atoms with Gasteiger partial charge < -0.3 is 0 Å². The molecule has 1 rings (SSSR count). The average Bonchev–Trinajstić information content (AvgIpc) is 2.04. The molecule has 1 aliphatic rings. The Morgan fingerprint density at radius 3 is 2.08 bits per heavy atom. The van der Waals surface area contributed by atoms with Crippen molar-refractivity contribution in [3.8, 4) is 0 Å². The van der Waals surface area contributed by atoms with Crippen molar-refractivity contribution < 1.29 is 0 Å². The Hall–Kier alpha value is -0.120. The van der Waals surface area contributed by atoms with Crippen LogP contribution in [0.15, 0.2) is 0 Å². The van der Waals surface area contributed by atoms with Gasteiger partial charge >= 0.3 is 0 Å². The summed E-state index contributed by atoms with van der Waals surface area (Å²) in [6.07, 6.45) is 0.554. The highest BCUT2D eigenvalue weighted by molar-refractivity contribution is 4.74. The van der Waals surface area contributed by atoms with Crippen molar-refractivity contribution >= 4 is 0 Å². The molecule has 3 heteroatoms. The molecule has 71 valence electrons. The molecule has 0 spiro atoms. The lowest BCUT2D eigenvalue weighted by atomic mass is 10.3. The smallest absolute Gasteiger partial charge is 0.0589 e. The lowest BCUT2D eigenvalue weighted by molar-refractivity contribution is 0.0546. The zero-order valence-electron chi connectivity index (χ0n) is 8.45. The lowest BCUT2D eigenvalue weighted by Gasteiger charge is -2.38. The maximum atomic E-state index is 3.93. The third kappa shape index (κ3) is 2.44. The second-order valence-electron chi connectivity index (χ2n) is 3.75. The van der Waals surface area contributed by atoms with Gasteiger partial charge in [0.2, 0.25) is 0 Å². The zero-order valence-corrected chi connectivity index (χ0v) is 8.45. The van der Waals surface area contributed by atoms with E-state index >= 15 is 0 Å². The molecule has 0 aromatic carbocycles. The minimum atomic E-state index is 0.554. The SMILES string of the molecule is [CH2]N1CCN(C(C)N(C)C)CC1. The van der Waals surface area contributed by atoms with Crippen molar-refractivity contribution in [1.29, 1.82) is 0 Å². The molecule has 1 unspecified atom stereocenters. The summed E-state index contributed by atoms with van der Waals surface area (Å²) in [6.45, 7) is 6.72. The fourth-order valence-corrected chi connectivity index (χ4v) is 1.46. The van der Waals surface area contributed by atoms with E-state index in [1.165, 1.54) is 0 Å². The third-order valence-electron chi connectivity index (χ3n) is 2.68. The molecule has 0 aliphatic carbocycles. The van der Waals surface area contributed by atoms with Gasteiger partial charge in [0, 0.05) is 33.2 Å². The van der Waals surface area contributed by atoms with Gasteiger partial charge in [-0.15, -0.1) is 0 Å². The Labute approximate surface area is 75.9 Å². The summed E-state index contributed by atoms with van der Waals surface area (Å²) in [7, 11) is 8.18. The van der Waals surface area contributed by atoms with Crippen LogP contribution < -0.4 is 0 Å². The van der Waals surface area contributed by atoms with Gasteiger partial charge in [-0.05, 0) is 21.0 Å². The Balaban J connectivity index is 2.34. The van der Waals surface area contributed by atoms with Crippen LogP contribution in [0.1, 0.15) is 6.92 Å². The Morgan fingerprint density at radius 1 is 1.17 bits per heavy atom. The fourth-order valence-electron chi connectivity index (χ4n) is 1.46. The Morgan fingerprint density at radius 2 is 1.67 bits per heavy atom. The number of hydrogen-bond acceptors (Lipinski definition) is 3. The summed E-state index contributed by atoms with van der Waals surface area (Å²) >= 11 is 0. The fraction of sp³-hybridized carbons (Fsp3) is 0.889. The molecule has 12 heavy (non-hydrogen) atoms. The largest absolute Gasteiger partial charge is 0.300 e. The first kappa shape index (κ1) is 9.96. The van der Waals surface area contributed by atoms with Crippen LogP contribution in [-0.4, -0.2) is 61.1 Å². The normalized spacial score (nSPS) is 24.8. The van der Waals surface area contributed by atoms with E-state index in [9.17, 15) is 0 Å². The number of nitrogens with zero attached hydrogens (tertiary/aromatic N) is 3. The number of hydrogen-bond donors (Lipinski definition) is 0. The second-order valence-corrected chi connectivity index (χ2v) is 3.75. The van der Waals surface area contributed by atoms with Crippen LogP contribution >= 0.6 is 0 Å². The molecule has 3 nitrogen and oxygen atoms in total. The third-order valence-corrected chi connectivity index (χ3v) is 2.68. The second kappa shape index (κ2) is 4.21. The Kier molecular flexibility index (Phi) is 3.50. The minimum Gasteiger partial charge on any atom is -0.300 e. The van der Waals surface area contributed by atoms with Crippen LogP contribution in [-0.2, 0) is 0 Å². The summed E-state index contributed by atoms with van der Waals surface area (Å²) in [4.78, 5) is 6.87. The molecule has 0 saturated carbocycles. The predicted molar refractivity (Wildman–Crippen MR) is 51.7 cm³/mol. The number of rotatable bonds is 2. The van der Waals surface area contributed by atoms with Crippen molar-refractivity contribution in [2.24, 2.45) is 0 Å². The van der Waals surface area contributed by atoms with Crippen LogP contribution in [0, 0.1) is 7.05 Å². The summed E-state index contributed by atoms with van der Waals surface area (Å²) in [5.74, 6) is 0. The minimum absolute atomic E-state index is 0.554. The molecule has 0 bridgehead atoms. The van der Waals surface area contributed by atoms with E-state index in [-0.39, 0.29) is 0 Å². The first-order chi connectivity index (χ1) is 5.61. The van der Waals surface area contributed by atoms with Crippen molar-refractivity contribution in [2.75, 3.05) is 40.3 Å².